The van der Waals surface area contributed by atoms with E-state index >= 15 is 0 Å². The van der Waals surface area contributed by atoms with Crippen LogP contribution in [0.5, 0.6) is 0 Å². The molecule has 3 nitrogen and oxygen atoms in total. The lowest BCUT2D eigenvalue weighted by Gasteiger charge is -1.97. The molecule has 0 amide bonds. The molecule has 3 heteroatoms. The molecular weight excluding hydrogens is 142 g/mol. The van der Waals surface area contributed by atoms with E-state index in [0.29, 0.717) is 6.61 Å². The molecule has 0 aromatic rings. The first-order valence-corrected chi connectivity index (χ1v) is 4.02. The lowest BCUT2D eigenvalue weighted by Crippen LogP contribution is -2.15. The first kappa shape index (κ1) is 8.24. The van der Waals surface area contributed by atoms with Crippen LogP contribution in [0.2, 0.25) is 0 Å². The third-order valence-electron chi connectivity index (χ3n) is 1.56. The Labute approximate surface area is 66.5 Å². The summed E-state index contributed by atoms with van der Waals surface area (Å²) in [5, 5.41) is 0. The van der Waals surface area contributed by atoms with Crippen LogP contribution in [-0.4, -0.2) is 24.3 Å². The van der Waals surface area contributed by atoms with Crippen LogP contribution in [0.3, 0.4) is 0 Å². The van der Waals surface area contributed by atoms with Gasteiger partial charge in [-0.1, -0.05) is 13.3 Å². The molecule has 0 unspecified atom stereocenters. The Morgan fingerprint density at radius 1 is 1.64 bits per heavy atom. The maximum Gasteiger partial charge on any atom is 0.336 e. The van der Waals surface area contributed by atoms with Gasteiger partial charge in [-0.3, -0.25) is 4.99 Å². The molecule has 1 heterocycles. The van der Waals surface area contributed by atoms with E-state index in [9.17, 15) is 4.79 Å². The van der Waals surface area contributed by atoms with Crippen molar-refractivity contribution in [3.8, 4) is 0 Å². The predicted molar refractivity (Wildman–Crippen MR) is 42.8 cm³/mol. The van der Waals surface area contributed by atoms with Crippen molar-refractivity contribution in [3.05, 3.63) is 0 Å². The average molecular weight is 155 g/mol. The van der Waals surface area contributed by atoms with Gasteiger partial charge in [0.2, 0.25) is 0 Å². The fourth-order valence-electron chi connectivity index (χ4n) is 0.996. The van der Waals surface area contributed by atoms with Gasteiger partial charge in [-0.2, -0.15) is 0 Å². The summed E-state index contributed by atoms with van der Waals surface area (Å²) < 4.78 is 4.79. The Morgan fingerprint density at radius 2 is 2.36 bits per heavy atom. The minimum atomic E-state index is -0.213. The van der Waals surface area contributed by atoms with Gasteiger partial charge in [-0.25, -0.2) is 4.79 Å². The second kappa shape index (κ2) is 3.51. The number of rotatable bonds is 4. The zero-order valence-corrected chi connectivity index (χ0v) is 6.96. The number of hydrogen-bond donors (Lipinski definition) is 0. The van der Waals surface area contributed by atoms with Crippen molar-refractivity contribution in [1.82, 2.24) is 0 Å². The van der Waals surface area contributed by atoms with Crippen molar-refractivity contribution in [2.24, 2.45) is 4.99 Å². The van der Waals surface area contributed by atoms with Gasteiger partial charge in [0.15, 0.2) is 6.04 Å². The van der Waals surface area contributed by atoms with Crippen LogP contribution in [0.4, 0.5) is 0 Å². The second-order valence-electron chi connectivity index (χ2n) is 2.53. The number of hydrogen-bond acceptors (Lipinski definition) is 3. The third-order valence-corrected chi connectivity index (χ3v) is 1.56. The van der Waals surface area contributed by atoms with E-state index in [0.717, 1.165) is 18.6 Å². The topological polar surface area (TPSA) is 38.7 Å². The fraction of sp³-hybridized carbons (Fsp3) is 0.750. The summed E-state index contributed by atoms with van der Waals surface area (Å²) in [6.07, 6.45) is 1.98. The molecule has 1 aliphatic heterocycles. The van der Waals surface area contributed by atoms with Crippen LogP contribution in [0.15, 0.2) is 4.99 Å². The van der Waals surface area contributed by atoms with Crippen molar-refractivity contribution in [3.63, 3.8) is 0 Å². The Hall–Kier alpha value is -0.860. The van der Waals surface area contributed by atoms with Crippen LogP contribution in [0.1, 0.15) is 26.7 Å². The summed E-state index contributed by atoms with van der Waals surface area (Å²) >= 11 is 0. The molecule has 0 aromatic carbocycles. The minimum Gasteiger partial charge on any atom is -0.464 e. The summed E-state index contributed by atoms with van der Waals surface area (Å²) in [6.45, 7) is 4.33. The smallest absolute Gasteiger partial charge is 0.336 e. The summed E-state index contributed by atoms with van der Waals surface area (Å²) in [6, 6.07) is -0.213. The summed E-state index contributed by atoms with van der Waals surface area (Å²) in [5.74, 6) is -0.184. The summed E-state index contributed by atoms with van der Waals surface area (Å²) in [4.78, 5) is 15.0. The van der Waals surface area contributed by atoms with Gasteiger partial charge in [-0.15, -0.1) is 0 Å². The molecular formula is C8H13NO2. The largest absolute Gasteiger partial charge is 0.464 e. The van der Waals surface area contributed by atoms with Gasteiger partial charge >= 0.3 is 5.97 Å². The normalized spacial score (nSPS) is 20.9. The van der Waals surface area contributed by atoms with Gasteiger partial charge in [0.1, 0.15) is 0 Å². The highest BCUT2D eigenvalue weighted by Crippen LogP contribution is 2.17. The Morgan fingerprint density at radius 3 is 2.91 bits per heavy atom. The van der Waals surface area contributed by atoms with Gasteiger partial charge in [0.05, 0.1) is 6.61 Å². The zero-order chi connectivity index (χ0) is 8.27. The molecule has 0 fully saturated rings. The summed E-state index contributed by atoms with van der Waals surface area (Å²) in [7, 11) is 0. The highest BCUT2D eigenvalue weighted by atomic mass is 16.5. The standard InChI is InChI=1S/C8H13NO2/c1-3-5-6-7(9-6)8(10)11-4-2/h7H,3-5H2,1-2H3/t7-/m0/s1. The highest BCUT2D eigenvalue weighted by Gasteiger charge is 2.34. The molecule has 0 aliphatic carbocycles. The van der Waals surface area contributed by atoms with Crippen LogP contribution in [0, 0.1) is 0 Å². The van der Waals surface area contributed by atoms with Crippen LogP contribution < -0.4 is 0 Å². The summed E-state index contributed by atoms with van der Waals surface area (Å²) in [5.41, 5.74) is 1.01. The molecule has 1 atom stereocenters. The zero-order valence-electron chi connectivity index (χ0n) is 6.96. The molecule has 0 saturated heterocycles. The van der Waals surface area contributed by atoms with Crippen molar-refractivity contribution >= 4 is 11.7 Å². The molecule has 0 spiro atoms. The molecule has 0 bridgehead atoms. The molecule has 1 aliphatic rings. The molecule has 11 heavy (non-hydrogen) atoms. The SMILES string of the molecule is CCCC1=N[C@@H]1C(=O)OCC. The number of ether oxygens (including phenoxy) is 1. The first-order chi connectivity index (χ1) is 5.29. The molecule has 1 rings (SSSR count). The van der Waals surface area contributed by atoms with E-state index in [4.69, 9.17) is 4.74 Å². The lowest BCUT2D eigenvalue weighted by atomic mass is 10.2. The Balaban J connectivity index is 2.18. The monoisotopic (exact) mass is 155 g/mol. The maximum atomic E-state index is 11.0. The van der Waals surface area contributed by atoms with Gasteiger partial charge in [0.25, 0.3) is 0 Å². The molecule has 0 radical (unpaired) electrons. The predicted octanol–water partition coefficient (Wildman–Crippen LogP) is 1.17. The van der Waals surface area contributed by atoms with Crippen molar-refractivity contribution in [2.45, 2.75) is 32.7 Å². The van der Waals surface area contributed by atoms with E-state index in [-0.39, 0.29) is 12.0 Å². The first-order valence-electron chi connectivity index (χ1n) is 4.02. The van der Waals surface area contributed by atoms with Crippen LogP contribution in [-0.2, 0) is 9.53 Å². The number of esters is 1. The van der Waals surface area contributed by atoms with Gasteiger partial charge in [0, 0.05) is 5.71 Å². The van der Waals surface area contributed by atoms with Gasteiger partial charge in [-0.05, 0) is 13.3 Å². The van der Waals surface area contributed by atoms with Crippen LogP contribution >= 0.6 is 0 Å². The Bertz CT molecular complexity index is 187. The number of carbonyl (C=O) groups excluding carboxylic acids is 1. The van der Waals surface area contributed by atoms with Gasteiger partial charge < -0.3 is 4.74 Å². The van der Waals surface area contributed by atoms with Crippen molar-refractivity contribution < 1.29 is 9.53 Å². The quantitative estimate of drug-likeness (QED) is 0.572. The number of nitrogens with zero attached hydrogens (tertiary/aromatic N) is 1. The van der Waals surface area contributed by atoms with E-state index in [1.165, 1.54) is 0 Å². The molecule has 0 N–H and O–H groups in total. The Kier molecular flexibility index (Phi) is 2.63. The maximum absolute atomic E-state index is 11.0. The van der Waals surface area contributed by atoms with E-state index in [1.807, 2.05) is 0 Å². The molecule has 0 saturated carbocycles. The third kappa shape index (κ3) is 2.03. The average Bonchev–Trinajstić information content (AvgIpc) is 2.69. The fourth-order valence-corrected chi connectivity index (χ4v) is 0.996. The van der Waals surface area contributed by atoms with Crippen LogP contribution in [0.25, 0.3) is 0 Å². The van der Waals surface area contributed by atoms with E-state index in [1.54, 1.807) is 6.92 Å². The van der Waals surface area contributed by atoms with E-state index in [2.05, 4.69) is 11.9 Å². The lowest BCUT2D eigenvalue weighted by molar-refractivity contribution is -0.142. The highest BCUT2D eigenvalue weighted by molar-refractivity contribution is 6.16. The van der Waals surface area contributed by atoms with Crippen molar-refractivity contribution in [2.75, 3.05) is 6.61 Å². The van der Waals surface area contributed by atoms with E-state index < -0.39 is 0 Å². The minimum absolute atomic E-state index is 0.184. The second-order valence-corrected chi connectivity index (χ2v) is 2.53. The number of carbonyl (C=O) groups is 1. The number of aliphatic imine (C=N–C) groups is 1. The molecule has 62 valence electrons. The van der Waals surface area contributed by atoms with Crippen molar-refractivity contribution in [1.29, 1.82) is 0 Å². The molecule has 0 aromatic heterocycles.